The number of nitrogens with one attached hydrogen (secondary N) is 1. The molecule has 0 saturated heterocycles. The van der Waals surface area contributed by atoms with Gasteiger partial charge in [-0.3, -0.25) is 5.43 Å². The first kappa shape index (κ1) is 11.0. The van der Waals surface area contributed by atoms with E-state index in [1.807, 2.05) is 19.9 Å². The second kappa shape index (κ2) is 4.18. The summed E-state index contributed by atoms with van der Waals surface area (Å²) in [6.45, 7) is 3.89. The largest absolute Gasteiger partial charge is 0.292 e. The Kier molecular flexibility index (Phi) is 2.88. The van der Waals surface area contributed by atoms with E-state index in [1.165, 1.54) is 0 Å². The lowest BCUT2D eigenvalue weighted by Crippen LogP contribution is -2.13. The van der Waals surface area contributed by atoms with Crippen LogP contribution in [0.3, 0.4) is 0 Å². The lowest BCUT2D eigenvalue weighted by molar-refractivity contribution is 0.796. The van der Waals surface area contributed by atoms with E-state index >= 15 is 0 Å². The van der Waals surface area contributed by atoms with Gasteiger partial charge in [-0.15, -0.1) is 0 Å². The van der Waals surface area contributed by atoms with Crippen LogP contribution in [0, 0.1) is 13.8 Å². The molecule has 0 aliphatic rings. The second-order valence-electron chi connectivity index (χ2n) is 3.35. The highest BCUT2D eigenvalue weighted by Crippen LogP contribution is 2.20. The van der Waals surface area contributed by atoms with E-state index in [-0.39, 0.29) is 0 Å². The zero-order valence-electron chi connectivity index (χ0n) is 8.90. The van der Waals surface area contributed by atoms with Gasteiger partial charge in [-0.2, -0.15) is 10.1 Å². The van der Waals surface area contributed by atoms with Crippen LogP contribution >= 0.6 is 15.9 Å². The summed E-state index contributed by atoms with van der Waals surface area (Å²) in [7, 11) is 0. The Hall–Kier alpha value is -1.47. The van der Waals surface area contributed by atoms with Crippen molar-refractivity contribution >= 4 is 21.9 Å². The summed E-state index contributed by atoms with van der Waals surface area (Å²) in [5, 5.41) is 4.34. The minimum absolute atomic E-state index is 0.353. The third-order valence-corrected chi connectivity index (χ3v) is 2.62. The highest BCUT2D eigenvalue weighted by atomic mass is 79.9. The predicted molar refractivity (Wildman–Crippen MR) is 64.1 cm³/mol. The molecule has 6 nitrogen and oxygen atoms in total. The molecule has 84 valence electrons. The van der Waals surface area contributed by atoms with Gasteiger partial charge in [0.25, 0.3) is 0 Å². The van der Waals surface area contributed by atoms with Crippen LogP contribution in [0.2, 0.25) is 0 Å². The molecule has 0 unspecified atom stereocenters. The SMILES string of the molecule is Cc1cc(C)n(-c2nc(NN)ncc2Br)n1. The van der Waals surface area contributed by atoms with Gasteiger partial charge < -0.3 is 0 Å². The Morgan fingerprint density at radius 2 is 2.19 bits per heavy atom. The van der Waals surface area contributed by atoms with E-state index in [1.54, 1.807) is 10.9 Å². The number of nitrogens with zero attached hydrogens (tertiary/aromatic N) is 4. The molecule has 0 amide bonds. The van der Waals surface area contributed by atoms with Gasteiger partial charge in [0.15, 0.2) is 5.82 Å². The van der Waals surface area contributed by atoms with Crippen LogP contribution in [0.25, 0.3) is 5.82 Å². The van der Waals surface area contributed by atoms with Crippen LogP contribution in [-0.4, -0.2) is 19.7 Å². The number of nitrogen functional groups attached to an aromatic ring is 1. The number of nitrogens with two attached hydrogens (primary N) is 1. The zero-order chi connectivity index (χ0) is 11.7. The molecule has 3 N–H and O–H groups in total. The molecule has 0 bridgehead atoms. The number of rotatable bonds is 2. The standard InChI is InChI=1S/C9H11BrN6/c1-5-3-6(2)16(15-5)8-7(10)4-12-9(13-8)14-11/h3-4H,11H2,1-2H3,(H,12,13,14). The first-order valence-corrected chi connectivity index (χ1v) is 5.44. The Balaban J connectivity index is 2.58. The monoisotopic (exact) mass is 282 g/mol. The highest BCUT2D eigenvalue weighted by molar-refractivity contribution is 9.10. The van der Waals surface area contributed by atoms with Crippen LogP contribution in [-0.2, 0) is 0 Å². The summed E-state index contributed by atoms with van der Waals surface area (Å²) in [6.07, 6.45) is 1.63. The summed E-state index contributed by atoms with van der Waals surface area (Å²) in [5.41, 5.74) is 4.34. The Morgan fingerprint density at radius 3 is 2.75 bits per heavy atom. The maximum Gasteiger partial charge on any atom is 0.239 e. The van der Waals surface area contributed by atoms with Crippen molar-refractivity contribution in [3.63, 3.8) is 0 Å². The Labute approximate surface area is 101 Å². The average Bonchev–Trinajstić information content (AvgIpc) is 2.58. The number of aryl methyl sites for hydroxylation is 2. The molecule has 0 aromatic carbocycles. The Bertz CT molecular complexity index is 521. The van der Waals surface area contributed by atoms with Crippen molar-refractivity contribution in [3.05, 3.63) is 28.1 Å². The molecule has 2 aromatic heterocycles. The molecule has 0 radical (unpaired) electrons. The number of hydrogen-bond donors (Lipinski definition) is 2. The van der Waals surface area contributed by atoms with Gasteiger partial charge in [0, 0.05) is 11.9 Å². The normalized spacial score (nSPS) is 10.5. The fourth-order valence-corrected chi connectivity index (χ4v) is 1.78. The van der Waals surface area contributed by atoms with Crippen molar-refractivity contribution in [2.45, 2.75) is 13.8 Å². The van der Waals surface area contributed by atoms with Crippen molar-refractivity contribution in [1.29, 1.82) is 0 Å². The molecular formula is C9H11BrN6. The lowest BCUT2D eigenvalue weighted by Gasteiger charge is -2.07. The van der Waals surface area contributed by atoms with Gasteiger partial charge >= 0.3 is 0 Å². The number of hydrogen-bond acceptors (Lipinski definition) is 5. The maximum atomic E-state index is 5.27. The predicted octanol–water partition coefficient (Wildman–Crippen LogP) is 1.33. The summed E-state index contributed by atoms with van der Waals surface area (Å²) >= 11 is 3.39. The topological polar surface area (TPSA) is 81.7 Å². The van der Waals surface area contributed by atoms with Crippen LogP contribution in [0.15, 0.2) is 16.7 Å². The van der Waals surface area contributed by atoms with Crippen molar-refractivity contribution in [3.8, 4) is 5.82 Å². The number of aromatic nitrogens is 4. The summed E-state index contributed by atoms with van der Waals surface area (Å²) in [6, 6.07) is 1.98. The third kappa shape index (κ3) is 1.91. The van der Waals surface area contributed by atoms with E-state index < -0.39 is 0 Å². The summed E-state index contributed by atoms with van der Waals surface area (Å²) < 4.78 is 2.50. The van der Waals surface area contributed by atoms with Crippen LogP contribution in [0.1, 0.15) is 11.4 Å². The minimum Gasteiger partial charge on any atom is -0.292 e. The van der Waals surface area contributed by atoms with Gasteiger partial charge in [-0.1, -0.05) is 0 Å². The van der Waals surface area contributed by atoms with Gasteiger partial charge in [0.2, 0.25) is 5.95 Å². The van der Waals surface area contributed by atoms with Crippen molar-refractivity contribution in [2.75, 3.05) is 5.43 Å². The van der Waals surface area contributed by atoms with Gasteiger partial charge in [0.05, 0.1) is 10.2 Å². The van der Waals surface area contributed by atoms with E-state index in [2.05, 4.69) is 36.4 Å². The van der Waals surface area contributed by atoms with E-state index in [0.29, 0.717) is 11.8 Å². The quantitative estimate of drug-likeness (QED) is 0.642. The maximum absolute atomic E-state index is 5.27. The van der Waals surface area contributed by atoms with Crippen molar-refractivity contribution in [1.82, 2.24) is 19.7 Å². The van der Waals surface area contributed by atoms with Crippen LogP contribution in [0.4, 0.5) is 5.95 Å². The fraction of sp³-hybridized carbons (Fsp3) is 0.222. The van der Waals surface area contributed by atoms with Crippen LogP contribution < -0.4 is 11.3 Å². The Morgan fingerprint density at radius 1 is 1.44 bits per heavy atom. The molecule has 0 spiro atoms. The molecule has 0 aliphatic carbocycles. The zero-order valence-corrected chi connectivity index (χ0v) is 10.5. The first-order valence-electron chi connectivity index (χ1n) is 4.64. The third-order valence-electron chi connectivity index (χ3n) is 2.06. The van der Waals surface area contributed by atoms with Gasteiger partial charge in [-0.05, 0) is 35.8 Å². The molecule has 2 aromatic rings. The minimum atomic E-state index is 0.353. The number of hydrazine groups is 1. The van der Waals surface area contributed by atoms with Gasteiger partial charge in [0.1, 0.15) is 0 Å². The molecular weight excluding hydrogens is 272 g/mol. The average molecular weight is 283 g/mol. The molecule has 0 aliphatic heterocycles. The molecule has 0 fully saturated rings. The van der Waals surface area contributed by atoms with E-state index in [9.17, 15) is 0 Å². The van der Waals surface area contributed by atoms with Gasteiger partial charge in [-0.25, -0.2) is 15.5 Å². The van der Waals surface area contributed by atoms with E-state index in [0.717, 1.165) is 15.9 Å². The van der Waals surface area contributed by atoms with Crippen LogP contribution in [0.5, 0.6) is 0 Å². The molecule has 16 heavy (non-hydrogen) atoms. The molecule has 7 heteroatoms. The molecule has 2 rings (SSSR count). The fourth-order valence-electron chi connectivity index (χ4n) is 1.42. The first-order chi connectivity index (χ1) is 7.61. The number of anilines is 1. The summed E-state index contributed by atoms with van der Waals surface area (Å²) in [4.78, 5) is 8.23. The molecule has 0 atom stereocenters. The van der Waals surface area contributed by atoms with E-state index in [4.69, 9.17) is 5.84 Å². The van der Waals surface area contributed by atoms with Crippen molar-refractivity contribution < 1.29 is 0 Å². The molecule has 0 saturated carbocycles. The molecule has 2 heterocycles. The second-order valence-corrected chi connectivity index (χ2v) is 4.20. The number of halogens is 1. The highest BCUT2D eigenvalue weighted by Gasteiger charge is 2.10. The van der Waals surface area contributed by atoms with Crippen molar-refractivity contribution in [2.24, 2.45) is 5.84 Å². The smallest absolute Gasteiger partial charge is 0.239 e. The lowest BCUT2D eigenvalue weighted by atomic mass is 10.4. The summed E-state index contributed by atoms with van der Waals surface area (Å²) in [5.74, 6) is 6.28.